The Bertz CT molecular complexity index is 813. The minimum Gasteiger partial charge on any atom is -0.481 e. The van der Waals surface area contributed by atoms with Crippen LogP contribution in [0, 0.1) is 5.82 Å². The number of halogens is 1. The van der Waals surface area contributed by atoms with Crippen LogP contribution < -0.4 is 10.2 Å². The molecule has 1 aliphatic rings. The van der Waals surface area contributed by atoms with Crippen molar-refractivity contribution in [3.63, 3.8) is 0 Å². The summed E-state index contributed by atoms with van der Waals surface area (Å²) in [6, 6.07) is 13.2. The third-order valence-corrected chi connectivity index (χ3v) is 4.43. The van der Waals surface area contributed by atoms with Crippen LogP contribution in [0.5, 0.6) is 0 Å². The fraction of sp³-hybridized carbons (Fsp3) is 0.300. The first kappa shape index (κ1) is 18.7. The summed E-state index contributed by atoms with van der Waals surface area (Å²) in [6.45, 7) is 1.07. The maximum atomic E-state index is 13.4. The van der Waals surface area contributed by atoms with Crippen LogP contribution in [0.1, 0.15) is 17.5 Å². The van der Waals surface area contributed by atoms with Crippen LogP contribution in [0.3, 0.4) is 0 Å². The lowest BCUT2D eigenvalue weighted by Crippen LogP contribution is -2.44. The van der Waals surface area contributed by atoms with Gasteiger partial charge in [0.1, 0.15) is 12.4 Å². The fourth-order valence-electron chi connectivity index (χ4n) is 3.20. The maximum Gasteiger partial charge on any atom is 0.407 e. The van der Waals surface area contributed by atoms with Crippen molar-refractivity contribution < 1.29 is 23.8 Å². The van der Waals surface area contributed by atoms with Crippen LogP contribution in [0.2, 0.25) is 0 Å². The molecule has 0 aromatic heterocycles. The molecule has 0 fully saturated rings. The quantitative estimate of drug-likeness (QED) is 0.781. The number of carbonyl (C=O) groups is 2. The first-order valence-electron chi connectivity index (χ1n) is 8.73. The molecule has 1 unspecified atom stereocenters. The SMILES string of the molecule is O=C(O)CC(CN1CCc2cc(F)ccc21)NC(=O)OCc1ccccc1. The number of carboxylic acid groups (broad SMARTS) is 1. The van der Waals surface area contributed by atoms with Gasteiger partial charge in [-0.15, -0.1) is 0 Å². The van der Waals surface area contributed by atoms with Gasteiger partial charge >= 0.3 is 12.1 Å². The summed E-state index contributed by atoms with van der Waals surface area (Å²) in [6.07, 6.45) is -0.206. The van der Waals surface area contributed by atoms with E-state index in [1.165, 1.54) is 12.1 Å². The zero-order valence-corrected chi connectivity index (χ0v) is 14.7. The summed E-state index contributed by atoms with van der Waals surface area (Å²) in [7, 11) is 0. The summed E-state index contributed by atoms with van der Waals surface area (Å²) < 4.78 is 18.5. The Hall–Kier alpha value is -3.09. The molecule has 6 nitrogen and oxygen atoms in total. The third-order valence-electron chi connectivity index (χ3n) is 4.43. The van der Waals surface area contributed by atoms with Gasteiger partial charge in [0, 0.05) is 18.8 Å². The average Bonchev–Trinajstić information content (AvgIpc) is 3.02. The monoisotopic (exact) mass is 372 g/mol. The number of fused-ring (bicyclic) bond motifs is 1. The molecule has 1 aliphatic heterocycles. The number of rotatable bonds is 7. The van der Waals surface area contributed by atoms with E-state index in [1.807, 2.05) is 35.2 Å². The molecule has 2 aromatic rings. The predicted octanol–water partition coefficient (Wildman–Crippen LogP) is 2.96. The molecule has 1 heterocycles. The van der Waals surface area contributed by atoms with Crippen molar-refractivity contribution in [3.8, 4) is 0 Å². The van der Waals surface area contributed by atoms with Gasteiger partial charge in [0.15, 0.2) is 0 Å². The lowest BCUT2D eigenvalue weighted by Gasteiger charge is -2.25. The molecule has 3 rings (SSSR count). The number of alkyl carbamates (subject to hydrolysis) is 1. The van der Waals surface area contributed by atoms with Crippen molar-refractivity contribution in [2.75, 3.05) is 18.0 Å². The maximum absolute atomic E-state index is 13.4. The van der Waals surface area contributed by atoms with E-state index >= 15 is 0 Å². The Labute approximate surface area is 156 Å². The molecule has 2 N–H and O–H groups in total. The summed E-state index contributed by atoms with van der Waals surface area (Å²) in [4.78, 5) is 25.2. The van der Waals surface area contributed by atoms with E-state index in [-0.39, 0.29) is 18.8 Å². The largest absolute Gasteiger partial charge is 0.481 e. The standard InChI is InChI=1S/C20H21FN2O4/c21-16-6-7-18-15(10-16)8-9-23(18)12-17(11-19(24)25)22-20(26)27-13-14-4-2-1-3-5-14/h1-7,10,17H,8-9,11-13H2,(H,22,26)(H,24,25). The number of aliphatic carboxylic acids is 1. The molecule has 27 heavy (non-hydrogen) atoms. The fourth-order valence-corrected chi connectivity index (χ4v) is 3.20. The molecule has 7 heteroatoms. The predicted molar refractivity (Wildman–Crippen MR) is 98.1 cm³/mol. The van der Waals surface area contributed by atoms with Crippen LogP contribution in [0.15, 0.2) is 48.5 Å². The summed E-state index contributed by atoms with van der Waals surface area (Å²) >= 11 is 0. The molecule has 0 saturated heterocycles. The highest BCUT2D eigenvalue weighted by atomic mass is 19.1. The minimum atomic E-state index is -1.01. The van der Waals surface area contributed by atoms with Crippen molar-refractivity contribution in [1.82, 2.24) is 5.32 Å². The van der Waals surface area contributed by atoms with E-state index in [9.17, 15) is 14.0 Å². The van der Waals surface area contributed by atoms with Gasteiger partial charge in [-0.3, -0.25) is 4.79 Å². The smallest absolute Gasteiger partial charge is 0.407 e. The van der Waals surface area contributed by atoms with Crippen molar-refractivity contribution in [1.29, 1.82) is 0 Å². The topological polar surface area (TPSA) is 78.9 Å². The van der Waals surface area contributed by atoms with E-state index in [1.54, 1.807) is 6.07 Å². The number of amides is 1. The summed E-state index contributed by atoms with van der Waals surface area (Å²) in [5, 5.41) is 11.8. The van der Waals surface area contributed by atoms with E-state index in [2.05, 4.69) is 5.32 Å². The minimum absolute atomic E-state index is 0.109. The highest BCUT2D eigenvalue weighted by molar-refractivity contribution is 5.72. The Kier molecular flexibility index (Phi) is 5.90. The number of ether oxygens (including phenoxy) is 1. The molecule has 0 saturated carbocycles. The molecule has 0 bridgehead atoms. The third kappa shape index (κ3) is 5.20. The average molecular weight is 372 g/mol. The van der Waals surface area contributed by atoms with Crippen molar-refractivity contribution >= 4 is 17.7 Å². The number of hydrogen-bond donors (Lipinski definition) is 2. The van der Waals surface area contributed by atoms with Crippen molar-refractivity contribution in [3.05, 3.63) is 65.5 Å². The van der Waals surface area contributed by atoms with Gasteiger partial charge in [0.05, 0.1) is 12.5 Å². The Morgan fingerprint density at radius 2 is 2.00 bits per heavy atom. The van der Waals surface area contributed by atoms with Crippen LogP contribution in [-0.2, 0) is 22.6 Å². The van der Waals surface area contributed by atoms with Gasteiger partial charge in [0.2, 0.25) is 0 Å². The van der Waals surface area contributed by atoms with Gasteiger partial charge in [0.25, 0.3) is 0 Å². The molecule has 0 aliphatic carbocycles. The van der Waals surface area contributed by atoms with Crippen LogP contribution in [0.4, 0.5) is 14.9 Å². The number of hydrogen-bond acceptors (Lipinski definition) is 4. The number of anilines is 1. The van der Waals surface area contributed by atoms with Crippen LogP contribution >= 0.6 is 0 Å². The van der Waals surface area contributed by atoms with Gasteiger partial charge < -0.3 is 20.1 Å². The summed E-state index contributed by atoms with van der Waals surface area (Å²) in [5.41, 5.74) is 2.60. The second kappa shape index (κ2) is 8.53. The number of carboxylic acids is 1. The zero-order chi connectivity index (χ0) is 19.2. The van der Waals surface area contributed by atoms with E-state index in [0.717, 1.165) is 16.8 Å². The molecular formula is C20H21FN2O4. The van der Waals surface area contributed by atoms with Gasteiger partial charge in [-0.25, -0.2) is 9.18 Å². The molecular weight excluding hydrogens is 351 g/mol. The highest BCUT2D eigenvalue weighted by Crippen LogP contribution is 2.28. The second-order valence-corrected chi connectivity index (χ2v) is 6.47. The Balaban J connectivity index is 1.59. The van der Waals surface area contributed by atoms with Gasteiger partial charge in [-0.1, -0.05) is 30.3 Å². The summed E-state index contributed by atoms with van der Waals surface area (Å²) in [5.74, 6) is -1.30. The van der Waals surface area contributed by atoms with Crippen LogP contribution in [-0.4, -0.2) is 36.3 Å². The number of carbonyl (C=O) groups excluding carboxylic acids is 1. The molecule has 0 radical (unpaired) electrons. The number of nitrogens with zero attached hydrogens (tertiary/aromatic N) is 1. The normalized spacial score (nSPS) is 13.7. The van der Waals surface area contributed by atoms with E-state index in [0.29, 0.717) is 19.5 Å². The number of benzene rings is 2. The van der Waals surface area contributed by atoms with Gasteiger partial charge in [-0.2, -0.15) is 0 Å². The van der Waals surface area contributed by atoms with E-state index < -0.39 is 18.1 Å². The first-order chi connectivity index (χ1) is 13.0. The molecule has 2 aromatic carbocycles. The number of nitrogens with one attached hydrogen (secondary N) is 1. The lowest BCUT2D eigenvalue weighted by molar-refractivity contribution is -0.137. The van der Waals surface area contributed by atoms with Crippen LogP contribution in [0.25, 0.3) is 0 Å². The molecule has 142 valence electrons. The van der Waals surface area contributed by atoms with Crippen molar-refractivity contribution in [2.45, 2.75) is 25.5 Å². The zero-order valence-electron chi connectivity index (χ0n) is 14.7. The van der Waals surface area contributed by atoms with E-state index in [4.69, 9.17) is 9.84 Å². The highest BCUT2D eigenvalue weighted by Gasteiger charge is 2.25. The van der Waals surface area contributed by atoms with Gasteiger partial charge in [-0.05, 0) is 35.7 Å². The molecule has 1 amide bonds. The molecule has 1 atom stereocenters. The Morgan fingerprint density at radius 3 is 2.74 bits per heavy atom. The lowest BCUT2D eigenvalue weighted by atomic mass is 10.1. The molecule has 0 spiro atoms. The second-order valence-electron chi connectivity index (χ2n) is 6.47. The van der Waals surface area contributed by atoms with Crippen molar-refractivity contribution in [2.24, 2.45) is 0 Å². The first-order valence-corrected chi connectivity index (χ1v) is 8.73. The Morgan fingerprint density at radius 1 is 1.22 bits per heavy atom.